The minimum absolute atomic E-state index is 0.251. The lowest BCUT2D eigenvalue weighted by Gasteiger charge is -2.34. The Morgan fingerprint density at radius 3 is 2.45 bits per heavy atom. The summed E-state index contributed by atoms with van der Waals surface area (Å²) in [5.74, 6) is 1.44. The highest BCUT2D eigenvalue weighted by Crippen LogP contribution is 2.48. The SMILES string of the molecule is CCCCc1ccc2c(c1)Oc1c(CCCC)cccc1N2CCCS(=O)(=O)O. The van der Waals surface area contributed by atoms with Crippen molar-refractivity contribution < 1.29 is 17.7 Å². The topological polar surface area (TPSA) is 66.8 Å². The van der Waals surface area contributed by atoms with Crippen molar-refractivity contribution in [1.29, 1.82) is 0 Å². The van der Waals surface area contributed by atoms with Crippen LogP contribution in [0.4, 0.5) is 11.4 Å². The van der Waals surface area contributed by atoms with Gasteiger partial charge in [0.15, 0.2) is 11.5 Å². The molecule has 0 spiro atoms. The van der Waals surface area contributed by atoms with Crippen LogP contribution in [0.2, 0.25) is 0 Å². The lowest BCUT2D eigenvalue weighted by atomic mass is 10.0. The maximum Gasteiger partial charge on any atom is 0.264 e. The van der Waals surface area contributed by atoms with Crippen molar-refractivity contribution in [3.05, 3.63) is 47.5 Å². The van der Waals surface area contributed by atoms with Crippen LogP contribution in [0.1, 0.15) is 57.1 Å². The van der Waals surface area contributed by atoms with Gasteiger partial charge < -0.3 is 9.64 Å². The number of hydrogen-bond acceptors (Lipinski definition) is 4. The highest BCUT2D eigenvalue weighted by Gasteiger charge is 2.26. The number of aryl methyl sites for hydroxylation is 2. The molecule has 1 aliphatic heterocycles. The third-order valence-electron chi connectivity index (χ3n) is 5.30. The first kappa shape index (κ1) is 21.7. The molecule has 0 fully saturated rings. The molecule has 6 heteroatoms. The highest BCUT2D eigenvalue weighted by molar-refractivity contribution is 7.85. The average Bonchev–Trinajstić information content (AvgIpc) is 2.69. The zero-order valence-corrected chi connectivity index (χ0v) is 18.2. The molecule has 0 aromatic heterocycles. The summed E-state index contributed by atoms with van der Waals surface area (Å²) < 4.78 is 37.9. The number of benzene rings is 2. The van der Waals surface area contributed by atoms with E-state index in [4.69, 9.17) is 9.29 Å². The van der Waals surface area contributed by atoms with Gasteiger partial charge in [-0.2, -0.15) is 8.42 Å². The van der Waals surface area contributed by atoms with Gasteiger partial charge in [0.05, 0.1) is 17.1 Å². The second-order valence-corrected chi connectivity index (χ2v) is 9.24. The molecule has 0 aliphatic carbocycles. The number of unbranched alkanes of at least 4 members (excludes halogenated alkanes) is 2. The molecular weight excluding hydrogens is 386 g/mol. The number of nitrogens with zero attached hydrogens (tertiary/aromatic N) is 1. The second-order valence-electron chi connectivity index (χ2n) is 7.67. The summed E-state index contributed by atoms with van der Waals surface area (Å²) in [4.78, 5) is 2.12. The molecule has 0 saturated carbocycles. The van der Waals surface area contributed by atoms with Crippen molar-refractivity contribution >= 4 is 21.5 Å². The first-order chi connectivity index (χ1) is 13.9. The van der Waals surface area contributed by atoms with Crippen LogP contribution >= 0.6 is 0 Å². The molecule has 0 bridgehead atoms. The van der Waals surface area contributed by atoms with Crippen LogP contribution in [0, 0.1) is 0 Å². The summed E-state index contributed by atoms with van der Waals surface area (Å²) in [5.41, 5.74) is 4.33. The van der Waals surface area contributed by atoms with Gasteiger partial charge in [0.1, 0.15) is 0 Å². The Kier molecular flexibility index (Phi) is 7.19. The van der Waals surface area contributed by atoms with Crippen molar-refractivity contribution in [2.75, 3.05) is 17.2 Å². The minimum atomic E-state index is -3.97. The first-order valence-corrected chi connectivity index (χ1v) is 12.2. The van der Waals surface area contributed by atoms with Crippen LogP contribution in [0.5, 0.6) is 11.5 Å². The lowest BCUT2D eigenvalue weighted by Crippen LogP contribution is -2.24. The summed E-state index contributed by atoms with van der Waals surface area (Å²) in [6.45, 7) is 4.85. The van der Waals surface area contributed by atoms with Gasteiger partial charge >= 0.3 is 0 Å². The minimum Gasteiger partial charge on any atom is -0.453 e. The molecule has 0 atom stereocenters. The highest BCUT2D eigenvalue weighted by atomic mass is 32.2. The molecule has 5 nitrogen and oxygen atoms in total. The molecule has 1 aliphatic rings. The Bertz CT molecular complexity index is 940. The van der Waals surface area contributed by atoms with E-state index in [9.17, 15) is 8.42 Å². The quantitative estimate of drug-likeness (QED) is 0.488. The maximum absolute atomic E-state index is 11.2. The van der Waals surface area contributed by atoms with Crippen LogP contribution in [-0.2, 0) is 23.0 Å². The summed E-state index contributed by atoms with van der Waals surface area (Å²) in [7, 11) is -3.97. The van der Waals surface area contributed by atoms with E-state index in [-0.39, 0.29) is 5.75 Å². The third-order valence-corrected chi connectivity index (χ3v) is 6.10. The zero-order valence-electron chi connectivity index (χ0n) is 17.4. The number of hydrogen-bond donors (Lipinski definition) is 1. The van der Waals surface area contributed by atoms with Gasteiger partial charge in [-0.15, -0.1) is 0 Å². The van der Waals surface area contributed by atoms with Crippen LogP contribution in [0.25, 0.3) is 0 Å². The van der Waals surface area contributed by atoms with Crippen LogP contribution < -0.4 is 9.64 Å². The van der Waals surface area contributed by atoms with Crippen molar-refractivity contribution in [1.82, 2.24) is 0 Å². The van der Waals surface area contributed by atoms with E-state index in [2.05, 4.69) is 43.0 Å². The normalized spacial score (nSPS) is 13.0. The molecule has 1 N–H and O–H groups in total. The predicted octanol–water partition coefficient (Wildman–Crippen LogP) is 5.89. The molecule has 1 heterocycles. The van der Waals surface area contributed by atoms with E-state index < -0.39 is 10.1 Å². The summed E-state index contributed by atoms with van der Waals surface area (Å²) >= 11 is 0. The average molecular weight is 418 g/mol. The Labute approximate surface area is 174 Å². The smallest absolute Gasteiger partial charge is 0.264 e. The van der Waals surface area contributed by atoms with E-state index >= 15 is 0 Å². The van der Waals surface area contributed by atoms with Crippen LogP contribution in [0.3, 0.4) is 0 Å². The number of fused-ring (bicyclic) bond motifs is 2. The molecule has 3 rings (SSSR count). The monoisotopic (exact) mass is 417 g/mol. The predicted molar refractivity (Wildman–Crippen MR) is 118 cm³/mol. The van der Waals surface area contributed by atoms with E-state index in [1.54, 1.807) is 0 Å². The maximum atomic E-state index is 11.2. The molecule has 2 aromatic carbocycles. The van der Waals surface area contributed by atoms with Gasteiger partial charge in [0.2, 0.25) is 0 Å². The van der Waals surface area contributed by atoms with Crippen LogP contribution in [0.15, 0.2) is 36.4 Å². The molecule has 0 unspecified atom stereocenters. The molecule has 2 aromatic rings. The van der Waals surface area contributed by atoms with Gasteiger partial charge in [-0.05, 0) is 61.4 Å². The molecule has 0 amide bonds. The summed E-state index contributed by atoms with van der Waals surface area (Å²) in [6, 6.07) is 12.5. The van der Waals surface area contributed by atoms with Crippen LogP contribution in [-0.4, -0.2) is 25.3 Å². The fraction of sp³-hybridized carbons (Fsp3) is 0.478. The Morgan fingerprint density at radius 2 is 1.72 bits per heavy atom. The zero-order chi connectivity index (χ0) is 20.9. The molecule has 0 radical (unpaired) electrons. The number of anilines is 2. The fourth-order valence-electron chi connectivity index (χ4n) is 3.75. The molecule has 29 heavy (non-hydrogen) atoms. The molecule has 158 valence electrons. The summed E-state index contributed by atoms with van der Waals surface area (Å²) in [5, 5.41) is 0. The standard InChI is InChI=1S/C23H31NO4S/c1-3-5-9-18-13-14-20-22(17-18)28-23-19(10-6-4-2)11-7-12-21(23)24(20)15-8-16-29(25,26)27/h7,11-14,17H,3-6,8-10,15-16H2,1-2H3,(H,25,26,27). The largest absolute Gasteiger partial charge is 0.453 e. The van der Waals surface area contributed by atoms with E-state index in [0.717, 1.165) is 61.4 Å². The van der Waals surface area contributed by atoms with Crippen molar-refractivity contribution in [3.8, 4) is 11.5 Å². The number of rotatable bonds is 10. The van der Waals surface area contributed by atoms with E-state index in [1.807, 2.05) is 12.1 Å². The van der Waals surface area contributed by atoms with Gasteiger partial charge in [-0.3, -0.25) is 4.55 Å². The summed E-state index contributed by atoms with van der Waals surface area (Å²) in [6.07, 6.45) is 6.78. The van der Waals surface area contributed by atoms with Gasteiger partial charge in [0, 0.05) is 6.54 Å². The Balaban J connectivity index is 1.96. The van der Waals surface area contributed by atoms with Crippen molar-refractivity contribution in [2.24, 2.45) is 0 Å². The second kappa shape index (κ2) is 9.63. The van der Waals surface area contributed by atoms with Gasteiger partial charge in [-0.1, -0.05) is 44.9 Å². The van der Waals surface area contributed by atoms with Crippen molar-refractivity contribution in [2.45, 2.75) is 58.8 Å². The first-order valence-electron chi connectivity index (χ1n) is 10.6. The molecule has 0 saturated heterocycles. The number of para-hydroxylation sites is 1. The van der Waals surface area contributed by atoms with Crippen molar-refractivity contribution in [3.63, 3.8) is 0 Å². The fourth-order valence-corrected chi connectivity index (χ4v) is 4.25. The van der Waals surface area contributed by atoms with E-state index in [1.165, 1.54) is 11.1 Å². The number of ether oxygens (including phenoxy) is 1. The van der Waals surface area contributed by atoms with Gasteiger partial charge in [0.25, 0.3) is 10.1 Å². The Hall–Kier alpha value is -2.05. The third kappa shape index (κ3) is 5.52. The van der Waals surface area contributed by atoms with Gasteiger partial charge in [-0.25, -0.2) is 0 Å². The lowest BCUT2D eigenvalue weighted by molar-refractivity contribution is 0.464. The van der Waals surface area contributed by atoms with E-state index in [0.29, 0.717) is 13.0 Å². The Morgan fingerprint density at radius 1 is 0.966 bits per heavy atom. The molecular formula is C23H31NO4S.